The average molecular weight is 367 g/mol. The molecule has 6 nitrogen and oxygen atoms in total. The lowest BCUT2D eigenvalue weighted by atomic mass is 9.94. The molecule has 0 atom stereocenters. The Balaban J connectivity index is 1.37. The van der Waals surface area contributed by atoms with E-state index < -0.39 is 0 Å². The number of benzene rings is 1. The lowest BCUT2D eigenvalue weighted by molar-refractivity contribution is -0.141. The summed E-state index contributed by atoms with van der Waals surface area (Å²) in [5.41, 5.74) is 1.67. The summed E-state index contributed by atoms with van der Waals surface area (Å²) >= 11 is 0. The Labute approximate surface area is 159 Å². The summed E-state index contributed by atoms with van der Waals surface area (Å²) in [5.74, 6) is 0.291. The van der Waals surface area contributed by atoms with Crippen molar-refractivity contribution in [1.29, 1.82) is 0 Å². The van der Waals surface area contributed by atoms with Crippen molar-refractivity contribution in [3.05, 3.63) is 54.4 Å². The smallest absolute Gasteiger partial charge is 0.253 e. The van der Waals surface area contributed by atoms with Gasteiger partial charge < -0.3 is 19.1 Å². The third-order valence-electron chi connectivity index (χ3n) is 5.45. The van der Waals surface area contributed by atoms with Gasteiger partial charge in [0, 0.05) is 55.7 Å². The van der Waals surface area contributed by atoms with Gasteiger partial charge in [0.05, 0.1) is 13.2 Å². The molecule has 2 amide bonds. The molecular weight excluding hydrogens is 342 g/mol. The second kappa shape index (κ2) is 7.96. The molecule has 2 aliphatic heterocycles. The Kier molecular flexibility index (Phi) is 5.25. The zero-order chi connectivity index (χ0) is 18.6. The minimum Gasteiger partial charge on any atom is -0.378 e. The highest BCUT2D eigenvalue weighted by molar-refractivity contribution is 5.95. The normalized spacial score (nSPS) is 18.5. The fourth-order valence-electron chi connectivity index (χ4n) is 3.86. The molecule has 6 heteroatoms. The van der Waals surface area contributed by atoms with Crippen LogP contribution in [0.2, 0.25) is 0 Å². The molecule has 0 spiro atoms. The van der Waals surface area contributed by atoms with Crippen LogP contribution in [0.5, 0.6) is 0 Å². The number of piperidine rings is 1. The summed E-state index contributed by atoms with van der Waals surface area (Å²) < 4.78 is 7.31. The average Bonchev–Trinajstić information content (AvgIpc) is 3.29. The third-order valence-corrected chi connectivity index (χ3v) is 5.45. The molecule has 2 aromatic rings. The molecule has 0 unspecified atom stereocenters. The number of ether oxygens (including phenoxy) is 1. The molecule has 142 valence electrons. The number of hydrogen-bond donors (Lipinski definition) is 0. The molecule has 1 aromatic carbocycles. The van der Waals surface area contributed by atoms with Crippen LogP contribution in [0.25, 0.3) is 5.69 Å². The molecule has 2 fully saturated rings. The van der Waals surface area contributed by atoms with Gasteiger partial charge in [-0.05, 0) is 43.2 Å². The number of morpholine rings is 1. The van der Waals surface area contributed by atoms with Crippen molar-refractivity contribution in [1.82, 2.24) is 14.4 Å². The molecule has 4 rings (SSSR count). The van der Waals surface area contributed by atoms with Crippen LogP contribution in [-0.4, -0.2) is 65.6 Å². The van der Waals surface area contributed by atoms with Crippen molar-refractivity contribution in [2.75, 3.05) is 39.4 Å². The van der Waals surface area contributed by atoms with Crippen LogP contribution in [-0.2, 0) is 9.53 Å². The van der Waals surface area contributed by atoms with E-state index in [1.165, 1.54) is 0 Å². The first kappa shape index (κ1) is 17.8. The van der Waals surface area contributed by atoms with Crippen molar-refractivity contribution < 1.29 is 14.3 Å². The topological polar surface area (TPSA) is 54.8 Å². The maximum Gasteiger partial charge on any atom is 0.253 e. The molecule has 2 saturated heterocycles. The Morgan fingerprint density at radius 2 is 1.59 bits per heavy atom. The largest absolute Gasteiger partial charge is 0.378 e. The van der Waals surface area contributed by atoms with Gasteiger partial charge in [-0.15, -0.1) is 0 Å². The van der Waals surface area contributed by atoms with Gasteiger partial charge in [0.25, 0.3) is 5.91 Å². The first-order valence-corrected chi connectivity index (χ1v) is 9.61. The Bertz CT molecular complexity index is 789. The number of hydrogen-bond acceptors (Lipinski definition) is 3. The van der Waals surface area contributed by atoms with Gasteiger partial charge in [-0.2, -0.15) is 0 Å². The number of nitrogens with zero attached hydrogens (tertiary/aromatic N) is 3. The van der Waals surface area contributed by atoms with Gasteiger partial charge in [-0.1, -0.05) is 6.07 Å². The van der Waals surface area contributed by atoms with Crippen LogP contribution < -0.4 is 0 Å². The van der Waals surface area contributed by atoms with E-state index in [9.17, 15) is 9.59 Å². The molecule has 0 N–H and O–H groups in total. The fourth-order valence-corrected chi connectivity index (χ4v) is 3.86. The highest BCUT2D eigenvalue weighted by Gasteiger charge is 2.31. The van der Waals surface area contributed by atoms with Gasteiger partial charge in [-0.3, -0.25) is 9.59 Å². The lowest BCUT2D eigenvalue weighted by Crippen LogP contribution is -2.47. The maximum atomic E-state index is 12.9. The molecule has 27 heavy (non-hydrogen) atoms. The summed E-state index contributed by atoms with van der Waals surface area (Å²) in [6.07, 6.45) is 5.40. The van der Waals surface area contributed by atoms with E-state index >= 15 is 0 Å². The molecule has 0 bridgehead atoms. The summed E-state index contributed by atoms with van der Waals surface area (Å²) in [5, 5.41) is 0. The highest BCUT2D eigenvalue weighted by atomic mass is 16.5. The standard InChI is InChI=1S/C21H25N3O3/c25-20(24-12-14-27-15-13-24)17-6-10-23(11-7-17)21(26)18-4-3-5-19(16-18)22-8-1-2-9-22/h1-5,8-9,16-17H,6-7,10-15H2. The van der Waals surface area contributed by atoms with Gasteiger partial charge in [0.2, 0.25) is 5.91 Å². The van der Waals surface area contributed by atoms with Gasteiger partial charge in [0.1, 0.15) is 0 Å². The number of likely N-dealkylation sites (tertiary alicyclic amines) is 1. The van der Waals surface area contributed by atoms with E-state index in [0.29, 0.717) is 45.0 Å². The first-order chi connectivity index (χ1) is 13.2. The van der Waals surface area contributed by atoms with Crippen LogP contribution in [0.4, 0.5) is 0 Å². The quantitative estimate of drug-likeness (QED) is 0.836. The van der Waals surface area contributed by atoms with E-state index in [-0.39, 0.29) is 17.7 Å². The number of carbonyl (C=O) groups is 2. The van der Waals surface area contributed by atoms with Crippen LogP contribution in [0.3, 0.4) is 0 Å². The van der Waals surface area contributed by atoms with Crippen molar-refractivity contribution in [2.24, 2.45) is 5.92 Å². The van der Waals surface area contributed by atoms with E-state index in [0.717, 1.165) is 18.5 Å². The second-order valence-electron chi connectivity index (χ2n) is 7.14. The Morgan fingerprint density at radius 3 is 2.30 bits per heavy atom. The number of carbonyl (C=O) groups excluding carboxylic acids is 2. The van der Waals surface area contributed by atoms with E-state index in [2.05, 4.69) is 0 Å². The van der Waals surface area contributed by atoms with Crippen LogP contribution in [0, 0.1) is 5.92 Å². The first-order valence-electron chi connectivity index (χ1n) is 9.61. The van der Waals surface area contributed by atoms with Crippen LogP contribution >= 0.6 is 0 Å². The van der Waals surface area contributed by atoms with E-state index in [1.807, 2.05) is 63.2 Å². The van der Waals surface area contributed by atoms with Crippen LogP contribution in [0.1, 0.15) is 23.2 Å². The fraction of sp³-hybridized carbons (Fsp3) is 0.429. The van der Waals surface area contributed by atoms with Gasteiger partial charge in [0.15, 0.2) is 0 Å². The molecule has 0 aliphatic carbocycles. The van der Waals surface area contributed by atoms with Crippen molar-refractivity contribution >= 4 is 11.8 Å². The minimum atomic E-state index is 0.0263. The summed E-state index contributed by atoms with van der Waals surface area (Å²) in [4.78, 5) is 29.3. The van der Waals surface area contributed by atoms with Gasteiger partial charge in [-0.25, -0.2) is 0 Å². The molecule has 0 radical (unpaired) electrons. The molecule has 2 aliphatic rings. The number of amides is 2. The zero-order valence-electron chi connectivity index (χ0n) is 15.4. The van der Waals surface area contributed by atoms with Crippen molar-refractivity contribution in [3.8, 4) is 5.69 Å². The monoisotopic (exact) mass is 367 g/mol. The summed E-state index contributed by atoms with van der Waals surface area (Å²) in [7, 11) is 0. The Morgan fingerprint density at radius 1 is 0.889 bits per heavy atom. The number of aromatic nitrogens is 1. The summed E-state index contributed by atoms with van der Waals surface area (Å²) in [6.45, 7) is 3.89. The van der Waals surface area contributed by atoms with Crippen molar-refractivity contribution in [2.45, 2.75) is 12.8 Å². The Hall–Kier alpha value is -2.60. The maximum absolute atomic E-state index is 12.9. The summed E-state index contributed by atoms with van der Waals surface area (Å²) in [6, 6.07) is 11.6. The molecule has 3 heterocycles. The van der Waals surface area contributed by atoms with Crippen LogP contribution in [0.15, 0.2) is 48.8 Å². The van der Waals surface area contributed by atoms with Crippen molar-refractivity contribution in [3.63, 3.8) is 0 Å². The number of rotatable bonds is 3. The SMILES string of the molecule is O=C(c1cccc(-n2cccc2)c1)N1CCC(C(=O)N2CCOCC2)CC1. The lowest BCUT2D eigenvalue weighted by Gasteiger charge is -2.35. The van der Waals surface area contributed by atoms with Gasteiger partial charge >= 0.3 is 0 Å². The highest BCUT2D eigenvalue weighted by Crippen LogP contribution is 2.22. The predicted molar refractivity (Wildman–Crippen MR) is 102 cm³/mol. The molecule has 0 saturated carbocycles. The molecular formula is C21H25N3O3. The zero-order valence-corrected chi connectivity index (χ0v) is 15.4. The van der Waals surface area contributed by atoms with E-state index in [1.54, 1.807) is 0 Å². The second-order valence-corrected chi connectivity index (χ2v) is 7.14. The van der Waals surface area contributed by atoms with E-state index in [4.69, 9.17) is 4.74 Å². The third kappa shape index (κ3) is 3.90. The predicted octanol–water partition coefficient (Wildman–Crippen LogP) is 2.19. The minimum absolute atomic E-state index is 0.0263. The molecule has 1 aromatic heterocycles.